The van der Waals surface area contributed by atoms with E-state index in [1.807, 2.05) is 0 Å². The first-order valence-electron chi connectivity index (χ1n) is 6.40. The third-order valence-electron chi connectivity index (χ3n) is 3.62. The van der Waals surface area contributed by atoms with Crippen LogP contribution in [0.5, 0.6) is 5.88 Å². The lowest BCUT2D eigenvalue weighted by atomic mass is 9.87. The predicted molar refractivity (Wildman–Crippen MR) is 70.8 cm³/mol. The normalized spacial score (nSPS) is 24.1. The lowest BCUT2D eigenvalue weighted by molar-refractivity contribution is 0.0968. The molecular formula is C12H21N3O2S. The molecule has 0 spiro atoms. The minimum atomic E-state index is -0.511. The lowest BCUT2D eigenvalue weighted by Gasteiger charge is -2.28. The van der Waals surface area contributed by atoms with Crippen LogP contribution in [0.25, 0.3) is 0 Å². The van der Waals surface area contributed by atoms with Crippen molar-refractivity contribution in [2.75, 3.05) is 13.2 Å². The fraction of sp³-hybridized carbons (Fsp3) is 0.833. The number of aromatic nitrogens is 2. The fourth-order valence-electron chi connectivity index (χ4n) is 2.44. The average Bonchev–Trinajstić information content (AvgIpc) is 2.93. The van der Waals surface area contributed by atoms with Crippen LogP contribution >= 0.6 is 11.7 Å². The molecule has 2 N–H and O–H groups in total. The van der Waals surface area contributed by atoms with E-state index in [4.69, 9.17) is 4.74 Å². The van der Waals surface area contributed by atoms with E-state index in [0.717, 1.165) is 11.7 Å². The van der Waals surface area contributed by atoms with Gasteiger partial charge in [-0.2, -0.15) is 4.37 Å². The molecule has 1 aromatic rings. The molecule has 2 rings (SSSR count). The number of ether oxygens (including phenoxy) is 1. The summed E-state index contributed by atoms with van der Waals surface area (Å²) in [5, 5.41) is 13.3. The Kier molecular flexibility index (Phi) is 4.53. The van der Waals surface area contributed by atoms with Crippen molar-refractivity contribution in [1.82, 2.24) is 14.1 Å². The van der Waals surface area contributed by atoms with E-state index >= 15 is 0 Å². The first-order chi connectivity index (χ1) is 8.58. The van der Waals surface area contributed by atoms with Crippen molar-refractivity contribution in [2.24, 2.45) is 5.41 Å². The van der Waals surface area contributed by atoms with Crippen LogP contribution in [0.3, 0.4) is 0 Å². The number of hydrogen-bond acceptors (Lipinski definition) is 6. The van der Waals surface area contributed by atoms with Gasteiger partial charge in [-0.05, 0) is 18.3 Å². The maximum Gasteiger partial charge on any atom is 0.245 e. The van der Waals surface area contributed by atoms with Gasteiger partial charge in [0.2, 0.25) is 5.88 Å². The van der Waals surface area contributed by atoms with Gasteiger partial charge >= 0.3 is 0 Å². The summed E-state index contributed by atoms with van der Waals surface area (Å²) in [6.45, 7) is 5.38. The number of aliphatic hydroxyl groups excluding tert-OH is 1. The number of rotatable bonds is 6. The second-order valence-electron chi connectivity index (χ2n) is 5.55. The van der Waals surface area contributed by atoms with Crippen LogP contribution in [0.4, 0.5) is 0 Å². The Morgan fingerprint density at radius 1 is 1.67 bits per heavy atom. The summed E-state index contributed by atoms with van der Waals surface area (Å²) in [5.74, 6) is 0.486. The second-order valence-corrected chi connectivity index (χ2v) is 6.11. The molecule has 0 saturated heterocycles. The quantitative estimate of drug-likeness (QED) is 0.819. The molecule has 6 heteroatoms. The highest BCUT2D eigenvalue weighted by molar-refractivity contribution is 6.99. The molecule has 5 nitrogen and oxygen atoms in total. The van der Waals surface area contributed by atoms with Crippen molar-refractivity contribution in [2.45, 2.75) is 45.3 Å². The molecule has 2 atom stereocenters. The third kappa shape index (κ3) is 3.63. The maximum absolute atomic E-state index is 9.85. The molecule has 102 valence electrons. The summed E-state index contributed by atoms with van der Waals surface area (Å²) in [7, 11) is 0. The van der Waals surface area contributed by atoms with Crippen molar-refractivity contribution in [3.63, 3.8) is 0 Å². The Balaban J connectivity index is 1.67. The van der Waals surface area contributed by atoms with Crippen LogP contribution in [0.2, 0.25) is 0 Å². The number of nitrogens with zero attached hydrogens (tertiary/aromatic N) is 2. The summed E-state index contributed by atoms with van der Waals surface area (Å²) < 4.78 is 13.1. The first-order valence-corrected chi connectivity index (χ1v) is 7.13. The van der Waals surface area contributed by atoms with Gasteiger partial charge in [0.25, 0.3) is 0 Å². The van der Waals surface area contributed by atoms with Gasteiger partial charge in [-0.15, -0.1) is 4.37 Å². The van der Waals surface area contributed by atoms with E-state index in [2.05, 4.69) is 27.9 Å². The molecule has 1 aliphatic rings. The number of hydrogen-bond donors (Lipinski definition) is 2. The van der Waals surface area contributed by atoms with E-state index in [1.165, 1.54) is 19.3 Å². The molecule has 1 saturated carbocycles. The molecule has 1 fully saturated rings. The van der Waals surface area contributed by atoms with E-state index in [0.29, 0.717) is 23.9 Å². The topological polar surface area (TPSA) is 67.3 Å². The summed E-state index contributed by atoms with van der Waals surface area (Å²) in [5.41, 5.74) is 0.333. The molecule has 0 bridgehead atoms. The maximum atomic E-state index is 9.85. The van der Waals surface area contributed by atoms with E-state index in [1.54, 1.807) is 6.20 Å². The molecule has 18 heavy (non-hydrogen) atoms. The molecule has 0 radical (unpaired) electrons. The van der Waals surface area contributed by atoms with Gasteiger partial charge < -0.3 is 15.2 Å². The predicted octanol–water partition coefficient (Wildman–Crippen LogP) is 1.45. The second kappa shape index (κ2) is 5.95. The smallest absolute Gasteiger partial charge is 0.245 e. The Labute approximate surface area is 112 Å². The van der Waals surface area contributed by atoms with Crippen LogP contribution in [-0.4, -0.2) is 39.2 Å². The zero-order valence-corrected chi connectivity index (χ0v) is 11.7. The zero-order valence-electron chi connectivity index (χ0n) is 10.9. The Morgan fingerprint density at radius 3 is 3.11 bits per heavy atom. The molecule has 1 aliphatic carbocycles. The van der Waals surface area contributed by atoms with E-state index < -0.39 is 6.10 Å². The number of aliphatic hydroxyl groups is 1. The zero-order chi connectivity index (χ0) is 13.0. The lowest BCUT2D eigenvalue weighted by Crippen LogP contribution is -2.43. The molecule has 1 heterocycles. The Morgan fingerprint density at radius 2 is 2.50 bits per heavy atom. The molecule has 0 aliphatic heterocycles. The van der Waals surface area contributed by atoms with Gasteiger partial charge in [-0.1, -0.05) is 20.3 Å². The van der Waals surface area contributed by atoms with Crippen LogP contribution in [0, 0.1) is 5.41 Å². The van der Waals surface area contributed by atoms with Gasteiger partial charge in [0, 0.05) is 12.6 Å². The molecule has 0 amide bonds. The van der Waals surface area contributed by atoms with Crippen LogP contribution in [0.1, 0.15) is 33.1 Å². The number of nitrogens with one attached hydrogen (secondary N) is 1. The summed E-state index contributed by atoms with van der Waals surface area (Å²) >= 11 is 1.10. The Hall–Kier alpha value is -0.720. The van der Waals surface area contributed by atoms with Gasteiger partial charge in [-0.25, -0.2) is 0 Å². The van der Waals surface area contributed by atoms with Crippen LogP contribution in [0.15, 0.2) is 6.20 Å². The molecule has 1 aromatic heterocycles. The SMILES string of the molecule is CC1(C)CCCC1NCC(O)COc1cnsn1. The van der Waals surface area contributed by atoms with Crippen molar-refractivity contribution >= 4 is 11.7 Å². The van der Waals surface area contributed by atoms with Crippen LogP contribution in [-0.2, 0) is 0 Å². The standard InChI is InChI=1S/C12H21N3O2S/c1-12(2)5-3-4-10(12)13-6-9(16)8-17-11-7-14-18-15-11/h7,9-10,13,16H,3-6,8H2,1-2H3. The highest BCUT2D eigenvalue weighted by atomic mass is 32.1. The van der Waals surface area contributed by atoms with Gasteiger partial charge in [-0.3, -0.25) is 0 Å². The van der Waals surface area contributed by atoms with Gasteiger partial charge in [0.1, 0.15) is 18.9 Å². The largest absolute Gasteiger partial charge is 0.473 e. The van der Waals surface area contributed by atoms with Crippen LogP contribution < -0.4 is 10.1 Å². The monoisotopic (exact) mass is 271 g/mol. The molecule has 0 aromatic carbocycles. The molecular weight excluding hydrogens is 250 g/mol. The minimum Gasteiger partial charge on any atom is -0.473 e. The van der Waals surface area contributed by atoms with E-state index in [9.17, 15) is 5.11 Å². The highest BCUT2D eigenvalue weighted by Gasteiger charge is 2.34. The van der Waals surface area contributed by atoms with Gasteiger partial charge in [0.05, 0.1) is 11.7 Å². The van der Waals surface area contributed by atoms with Crippen molar-refractivity contribution < 1.29 is 9.84 Å². The average molecular weight is 271 g/mol. The minimum absolute atomic E-state index is 0.256. The van der Waals surface area contributed by atoms with E-state index in [-0.39, 0.29) is 6.61 Å². The summed E-state index contributed by atoms with van der Waals surface area (Å²) in [6, 6.07) is 0.494. The van der Waals surface area contributed by atoms with Crippen molar-refractivity contribution in [3.8, 4) is 5.88 Å². The summed E-state index contributed by atoms with van der Waals surface area (Å²) in [6.07, 6.45) is 4.76. The Bertz CT molecular complexity index is 356. The van der Waals surface area contributed by atoms with Gasteiger partial charge in [0.15, 0.2) is 0 Å². The first kappa shape index (κ1) is 13.7. The van der Waals surface area contributed by atoms with Crippen molar-refractivity contribution in [1.29, 1.82) is 0 Å². The fourth-order valence-corrected chi connectivity index (χ4v) is 2.81. The molecule has 2 unspecified atom stereocenters. The third-order valence-corrected chi connectivity index (χ3v) is 4.08. The summed E-state index contributed by atoms with van der Waals surface area (Å²) in [4.78, 5) is 0. The highest BCUT2D eigenvalue weighted by Crippen LogP contribution is 2.36. The van der Waals surface area contributed by atoms with Crippen molar-refractivity contribution in [3.05, 3.63) is 6.20 Å².